The Hall–Kier alpha value is -1.61. The number of carbonyl (C=O) groups excluding carboxylic acids is 1. The van der Waals surface area contributed by atoms with Crippen molar-refractivity contribution in [3.8, 4) is 0 Å². The smallest absolute Gasteiger partial charge is 0.316 e. The van der Waals surface area contributed by atoms with Gasteiger partial charge in [-0.05, 0) is 24.3 Å². The van der Waals surface area contributed by atoms with E-state index in [0.717, 1.165) is 11.0 Å². The minimum absolute atomic E-state index is 0.0666. The van der Waals surface area contributed by atoms with Crippen LogP contribution >= 0.6 is 0 Å². The van der Waals surface area contributed by atoms with Crippen LogP contribution in [0.1, 0.15) is 10.4 Å². The van der Waals surface area contributed by atoms with Gasteiger partial charge in [0.15, 0.2) is 0 Å². The second kappa shape index (κ2) is 3.03. The maximum atomic E-state index is 11.2. The Morgan fingerprint density at radius 2 is 2.23 bits per heavy atom. The van der Waals surface area contributed by atoms with E-state index in [0.29, 0.717) is 5.56 Å². The molecule has 0 aliphatic heterocycles. The number of carbonyl (C=O) groups is 1. The minimum Gasteiger partial charge on any atom is -0.464 e. The van der Waals surface area contributed by atoms with E-state index in [9.17, 15) is 4.79 Å². The van der Waals surface area contributed by atoms with Gasteiger partial charge in [0.25, 0.3) is 0 Å². The topological polar surface area (TPSA) is 46.8 Å². The molecule has 0 aliphatic carbocycles. The fourth-order valence-electron chi connectivity index (χ4n) is 1.24. The summed E-state index contributed by atoms with van der Waals surface area (Å²) >= 11 is 0. The van der Waals surface area contributed by atoms with E-state index in [2.05, 4.69) is 7.05 Å². The average molecular weight is 175 g/mol. The van der Waals surface area contributed by atoms with Crippen LogP contribution in [0.3, 0.4) is 0 Å². The highest BCUT2D eigenvalue weighted by molar-refractivity contribution is 5.92. The maximum Gasteiger partial charge on any atom is 0.316 e. The Labute approximate surface area is 75.3 Å². The third-order valence-electron chi connectivity index (χ3n) is 1.92. The van der Waals surface area contributed by atoms with E-state index in [1.54, 1.807) is 24.5 Å². The van der Waals surface area contributed by atoms with Crippen molar-refractivity contribution in [2.24, 2.45) is 0 Å². The number of primary amides is 1. The van der Waals surface area contributed by atoms with Crippen molar-refractivity contribution >= 4 is 16.9 Å². The van der Waals surface area contributed by atoms with Gasteiger partial charge in [-0.1, -0.05) is 0 Å². The Bertz CT molecular complexity index is 445. The molecular weight excluding hydrogens is 166 g/mol. The normalized spacial score (nSPS) is 10.5. The van der Waals surface area contributed by atoms with Crippen LogP contribution in [-0.2, 0) is 0 Å². The first-order valence-corrected chi connectivity index (χ1v) is 3.95. The molecule has 1 aromatic carbocycles. The molecule has 1 amide bonds. The number of hydrogen-bond acceptors (Lipinski definition) is 2. The van der Waals surface area contributed by atoms with Crippen molar-refractivity contribution in [2.75, 3.05) is 0 Å². The average Bonchev–Trinajstić information content (AvgIpc) is 2.63. The highest BCUT2D eigenvalue weighted by Gasteiger charge is 2.06. The Kier molecular flexibility index (Phi) is 1.87. The number of furan rings is 1. The van der Waals surface area contributed by atoms with E-state index in [1.807, 2.05) is 6.07 Å². The zero-order valence-corrected chi connectivity index (χ0v) is 6.99. The van der Waals surface area contributed by atoms with Crippen molar-refractivity contribution in [3.05, 3.63) is 43.1 Å². The van der Waals surface area contributed by atoms with E-state index in [-0.39, 0.29) is 5.91 Å². The molecule has 0 atom stereocenters. The molecule has 1 heterocycles. The zero-order chi connectivity index (χ0) is 9.26. The van der Waals surface area contributed by atoms with E-state index < -0.39 is 0 Å². The van der Waals surface area contributed by atoms with E-state index in [4.69, 9.17) is 4.42 Å². The van der Waals surface area contributed by atoms with Crippen LogP contribution in [0, 0.1) is 7.05 Å². The lowest BCUT2D eigenvalue weighted by Gasteiger charge is -1.97. The molecule has 2 N–H and O–H groups in total. The van der Waals surface area contributed by atoms with Gasteiger partial charge in [0.05, 0.1) is 11.8 Å². The SMILES string of the molecule is [CH2-][NH2+]C(=O)c1ccc2occc2c1. The van der Waals surface area contributed by atoms with Crippen LogP contribution in [0.2, 0.25) is 0 Å². The highest BCUT2D eigenvalue weighted by atomic mass is 16.3. The number of benzene rings is 1. The summed E-state index contributed by atoms with van der Waals surface area (Å²) in [5.74, 6) is -0.0666. The fourth-order valence-corrected chi connectivity index (χ4v) is 1.24. The van der Waals surface area contributed by atoms with Crippen LogP contribution in [0.25, 0.3) is 11.0 Å². The predicted molar refractivity (Wildman–Crippen MR) is 47.8 cm³/mol. The van der Waals surface area contributed by atoms with Gasteiger partial charge in [0.2, 0.25) is 0 Å². The number of amides is 1. The summed E-state index contributed by atoms with van der Waals surface area (Å²) < 4.78 is 5.15. The number of quaternary nitrogens is 1. The lowest BCUT2D eigenvalue weighted by Crippen LogP contribution is -2.81. The molecule has 0 saturated carbocycles. The van der Waals surface area contributed by atoms with Gasteiger partial charge in [-0.15, -0.1) is 7.05 Å². The molecule has 2 aromatic rings. The van der Waals surface area contributed by atoms with Gasteiger partial charge < -0.3 is 9.73 Å². The molecule has 66 valence electrons. The van der Waals surface area contributed by atoms with Crippen LogP contribution < -0.4 is 5.32 Å². The molecule has 0 aliphatic rings. The Balaban J connectivity index is 2.54. The zero-order valence-electron chi connectivity index (χ0n) is 6.99. The minimum atomic E-state index is -0.0666. The molecule has 3 nitrogen and oxygen atoms in total. The summed E-state index contributed by atoms with van der Waals surface area (Å²) in [6.07, 6.45) is 1.60. The van der Waals surface area contributed by atoms with Gasteiger partial charge in [-0.2, -0.15) is 0 Å². The fraction of sp³-hybridized carbons (Fsp3) is 0. The molecule has 0 radical (unpaired) electrons. The Morgan fingerprint density at radius 1 is 1.38 bits per heavy atom. The first-order chi connectivity index (χ1) is 6.31. The van der Waals surface area contributed by atoms with Crippen molar-refractivity contribution in [2.45, 2.75) is 0 Å². The van der Waals surface area contributed by atoms with Crippen molar-refractivity contribution in [1.29, 1.82) is 0 Å². The monoisotopic (exact) mass is 175 g/mol. The number of rotatable bonds is 1. The summed E-state index contributed by atoms with van der Waals surface area (Å²) in [5.41, 5.74) is 1.43. The molecule has 2 rings (SSSR count). The standard InChI is InChI=1S/C10H9NO2/c1-11-10(12)8-2-3-9-7(6-8)4-5-13-9/h2-6H,1,11H2. The molecule has 3 heteroatoms. The third kappa shape index (κ3) is 1.34. The first-order valence-electron chi connectivity index (χ1n) is 3.95. The second-order valence-corrected chi connectivity index (χ2v) is 2.74. The van der Waals surface area contributed by atoms with E-state index >= 15 is 0 Å². The van der Waals surface area contributed by atoms with Crippen LogP contribution in [-0.4, -0.2) is 5.91 Å². The lowest BCUT2D eigenvalue weighted by molar-refractivity contribution is -0.489. The lowest BCUT2D eigenvalue weighted by atomic mass is 10.1. The predicted octanol–water partition coefficient (Wildman–Crippen LogP) is 0.928. The number of nitrogens with two attached hydrogens (primary N) is 1. The van der Waals surface area contributed by atoms with Crippen molar-refractivity contribution in [1.82, 2.24) is 0 Å². The molecular formula is C10H9NO2. The molecule has 1 aromatic heterocycles. The second-order valence-electron chi connectivity index (χ2n) is 2.74. The van der Waals surface area contributed by atoms with Gasteiger partial charge in [0.1, 0.15) is 5.58 Å². The summed E-state index contributed by atoms with van der Waals surface area (Å²) in [6, 6.07) is 7.14. The third-order valence-corrected chi connectivity index (χ3v) is 1.92. The van der Waals surface area contributed by atoms with E-state index in [1.165, 1.54) is 5.32 Å². The molecule has 0 spiro atoms. The highest BCUT2D eigenvalue weighted by Crippen LogP contribution is 2.16. The quantitative estimate of drug-likeness (QED) is 0.655. The molecule has 0 fully saturated rings. The van der Waals surface area contributed by atoms with Gasteiger partial charge in [0, 0.05) is 5.39 Å². The van der Waals surface area contributed by atoms with Crippen LogP contribution in [0.4, 0.5) is 0 Å². The van der Waals surface area contributed by atoms with Crippen LogP contribution in [0.15, 0.2) is 34.9 Å². The van der Waals surface area contributed by atoms with Crippen LogP contribution in [0.5, 0.6) is 0 Å². The molecule has 0 unspecified atom stereocenters. The molecule has 0 saturated heterocycles. The van der Waals surface area contributed by atoms with Gasteiger partial charge >= 0.3 is 5.91 Å². The van der Waals surface area contributed by atoms with Crippen molar-refractivity contribution in [3.63, 3.8) is 0 Å². The molecule has 0 bridgehead atoms. The maximum absolute atomic E-state index is 11.2. The van der Waals surface area contributed by atoms with Gasteiger partial charge in [-0.3, -0.25) is 0 Å². The summed E-state index contributed by atoms with van der Waals surface area (Å²) in [4.78, 5) is 11.2. The Morgan fingerprint density at radius 3 is 3.00 bits per heavy atom. The number of fused-ring (bicyclic) bond motifs is 1. The summed E-state index contributed by atoms with van der Waals surface area (Å²) in [5, 5.41) is 2.24. The van der Waals surface area contributed by atoms with Gasteiger partial charge in [-0.25, -0.2) is 4.79 Å². The summed E-state index contributed by atoms with van der Waals surface area (Å²) in [6.45, 7) is 0. The van der Waals surface area contributed by atoms with Crippen molar-refractivity contribution < 1.29 is 14.5 Å². The number of hydrogen-bond donors (Lipinski definition) is 1. The largest absolute Gasteiger partial charge is 0.464 e. The first kappa shape index (κ1) is 8.01. The summed E-state index contributed by atoms with van der Waals surface area (Å²) in [7, 11) is 3.43. The molecule has 13 heavy (non-hydrogen) atoms.